The first-order valence-corrected chi connectivity index (χ1v) is 6.32. The van der Waals surface area contributed by atoms with Gasteiger partial charge in [-0.3, -0.25) is 0 Å². The minimum Gasteiger partial charge on any atom is -0.330 e. The molecule has 1 fully saturated rings. The zero-order valence-electron chi connectivity index (χ0n) is 10.1. The number of hydrogen-bond donors (Lipinski definition) is 1. The van der Waals surface area contributed by atoms with Crippen LogP contribution in [0, 0.1) is 5.41 Å². The SMILES string of the molecule is CC1(C)CCC(CN)(c2ccccc2Cl)C1. The molecule has 16 heavy (non-hydrogen) atoms. The molecule has 0 heterocycles. The molecule has 0 saturated heterocycles. The molecule has 0 amide bonds. The standard InChI is InChI=1S/C14H20ClN/c1-13(2)7-8-14(9-13,10-16)11-5-3-4-6-12(11)15/h3-6H,7-10,16H2,1-2H3. The van der Waals surface area contributed by atoms with E-state index in [-0.39, 0.29) is 5.41 Å². The molecular formula is C14H20ClN. The minimum absolute atomic E-state index is 0.0991. The Morgan fingerprint density at radius 1 is 1.25 bits per heavy atom. The van der Waals surface area contributed by atoms with Gasteiger partial charge in [-0.2, -0.15) is 0 Å². The van der Waals surface area contributed by atoms with E-state index in [0.717, 1.165) is 17.9 Å². The normalized spacial score (nSPS) is 28.2. The summed E-state index contributed by atoms with van der Waals surface area (Å²) in [5.41, 5.74) is 7.76. The third-order valence-electron chi connectivity index (χ3n) is 3.93. The van der Waals surface area contributed by atoms with Crippen molar-refractivity contribution in [2.75, 3.05) is 6.54 Å². The average molecular weight is 238 g/mol. The molecule has 2 N–H and O–H groups in total. The van der Waals surface area contributed by atoms with E-state index in [1.54, 1.807) is 0 Å². The first-order chi connectivity index (χ1) is 7.49. The lowest BCUT2D eigenvalue weighted by atomic mass is 9.76. The highest BCUT2D eigenvalue weighted by Gasteiger charge is 2.44. The molecular weight excluding hydrogens is 218 g/mol. The Kier molecular flexibility index (Phi) is 3.02. The maximum absolute atomic E-state index is 6.31. The Morgan fingerprint density at radius 2 is 1.94 bits per heavy atom. The molecule has 1 atom stereocenters. The summed E-state index contributed by atoms with van der Waals surface area (Å²) >= 11 is 6.31. The second-order valence-corrected chi connectivity index (χ2v) is 6.21. The molecule has 1 saturated carbocycles. The molecule has 0 bridgehead atoms. The van der Waals surface area contributed by atoms with Crippen LogP contribution < -0.4 is 5.73 Å². The summed E-state index contributed by atoms with van der Waals surface area (Å²) < 4.78 is 0. The van der Waals surface area contributed by atoms with E-state index in [0.29, 0.717) is 12.0 Å². The number of rotatable bonds is 2. The maximum atomic E-state index is 6.31. The molecule has 1 nitrogen and oxygen atoms in total. The summed E-state index contributed by atoms with van der Waals surface area (Å²) in [4.78, 5) is 0. The average Bonchev–Trinajstić information content (AvgIpc) is 2.56. The van der Waals surface area contributed by atoms with E-state index >= 15 is 0 Å². The van der Waals surface area contributed by atoms with Crippen molar-refractivity contribution in [3.8, 4) is 0 Å². The summed E-state index contributed by atoms with van der Waals surface area (Å²) in [6.07, 6.45) is 3.52. The molecule has 0 spiro atoms. The Hall–Kier alpha value is -0.530. The second kappa shape index (κ2) is 4.05. The van der Waals surface area contributed by atoms with Crippen LogP contribution in [-0.2, 0) is 5.41 Å². The van der Waals surface area contributed by atoms with Gasteiger partial charge < -0.3 is 5.73 Å². The first kappa shape index (κ1) is 11.9. The van der Waals surface area contributed by atoms with Crippen LogP contribution in [0.5, 0.6) is 0 Å². The predicted octanol–water partition coefficient (Wildman–Crippen LogP) is 3.75. The smallest absolute Gasteiger partial charge is 0.0444 e. The van der Waals surface area contributed by atoms with E-state index < -0.39 is 0 Å². The summed E-state index contributed by atoms with van der Waals surface area (Å²) in [5, 5.41) is 0.866. The van der Waals surface area contributed by atoms with Gasteiger partial charge in [-0.15, -0.1) is 0 Å². The van der Waals surface area contributed by atoms with E-state index in [2.05, 4.69) is 26.0 Å². The van der Waals surface area contributed by atoms with Crippen LogP contribution in [0.15, 0.2) is 24.3 Å². The summed E-state index contributed by atoms with van der Waals surface area (Å²) in [6, 6.07) is 8.15. The Bertz CT molecular complexity index is 386. The van der Waals surface area contributed by atoms with E-state index in [1.807, 2.05) is 12.1 Å². The highest BCUT2D eigenvalue weighted by molar-refractivity contribution is 6.31. The van der Waals surface area contributed by atoms with Crippen LogP contribution in [-0.4, -0.2) is 6.54 Å². The van der Waals surface area contributed by atoms with Gasteiger partial charge in [0.05, 0.1) is 0 Å². The number of benzene rings is 1. The number of hydrogen-bond acceptors (Lipinski definition) is 1. The molecule has 0 radical (unpaired) electrons. The molecule has 1 aromatic rings. The molecule has 2 heteroatoms. The van der Waals surface area contributed by atoms with Gasteiger partial charge in [0.25, 0.3) is 0 Å². The third kappa shape index (κ3) is 1.99. The van der Waals surface area contributed by atoms with Crippen LogP contribution in [0.2, 0.25) is 5.02 Å². The quantitative estimate of drug-likeness (QED) is 0.833. The van der Waals surface area contributed by atoms with Crippen molar-refractivity contribution in [1.29, 1.82) is 0 Å². The van der Waals surface area contributed by atoms with E-state index in [9.17, 15) is 0 Å². The lowest BCUT2D eigenvalue weighted by Crippen LogP contribution is -2.33. The largest absolute Gasteiger partial charge is 0.330 e. The lowest BCUT2D eigenvalue weighted by Gasteiger charge is -2.31. The predicted molar refractivity (Wildman–Crippen MR) is 69.8 cm³/mol. The van der Waals surface area contributed by atoms with Gasteiger partial charge >= 0.3 is 0 Å². The summed E-state index contributed by atoms with van der Waals surface area (Å²) in [6.45, 7) is 5.34. The molecule has 0 aromatic heterocycles. The van der Waals surface area contributed by atoms with Gasteiger partial charge in [-0.25, -0.2) is 0 Å². The molecule has 1 unspecified atom stereocenters. The monoisotopic (exact) mass is 237 g/mol. The van der Waals surface area contributed by atoms with Crippen LogP contribution in [0.4, 0.5) is 0 Å². The molecule has 1 aliphatic carbocycles. The molecule has 1 aromatic carbocycles. The fourth-order valence-corrected chi connectivity index (χ4v) is 3.41. The van der Waals surface area contributed by atoms with Crippen molar-refractivity contribution >= 4 is 11.6 Å². The van der Waals surface area contributed by atoms with Crippen molar-refractivity contribution in [3.05, 3.63) is 34.9 Å². The first-order valence-electron chi connectivity index (χ1n) is 5.94. The van der Waals surface area contributed by atoms with Crippen molar-refractivity contribution in [3.63, 3.8) is 0 Å². The van der Waals surface area contributed by atoms with Crippen LogP contribution in [0.1, 0.15) is 38.7 Å². The van der Waals surface area contributed by atoms with Gasteiger partial charge in [-0.1, -0.05) is 43.6 Å². The third-order valence-corrected chi connectivity index (χ3v) is 4.26. The van der Waals surface area contributed by atoms with Gasteiger partial charge in [0.2, 0.25) is 0 Å². The van der Waals surface area contributed by atoms with Crippen LogP contribution in [0.3, 0.4) is 0 Å². The molecule has 2 rings (SSSR count). The number of nitrogens with two attached hydrogens (primary N) is 1. The lowest BCUT2D eigenvalue weighted by molar-refractivity contribution is 0.338. The van der Waals surface area contributed by atoms with Crippen molar-refractivity contribution in [2.45, 2.75) is 38.5 Å². The van der Waals surface area contributed by atoms with Crippen LogP contribution in [0.25, 0.3) is 0 Å². The van der Waals surface area contributed by atoms with Gasteiger partial charge in [-0.05, 0) is 36.3 Å². The maximum Gasteiger partial charge on any atom is 0.0444 e. The van der Waals surface area contributed by atoms with Gasteiger partial charge in [0.15, 0.2) is 0 Å². The Morgan fingerprint density at radius 3 is 2.44 bits per heavy atom. The fraction of sp³-hybridized carbons (Fsp3) is 0.571. The second-order valence-electron chi connectivity index (χ2n) is 5.81. The fourth-order valence-electron chi connectivity index (χ4n) is 3.08. The minimum atomic E-state index is 0.0991. The van der Waals surface area contributed by atoms with Crippen molar-refractivity contribution in [1.82, 2.24) is 0 Å². The summed E-state index contributed by atoms with van der Waals surface area (Å²) in [7, 11) is 0. The van der Waals surface area contributed by atoms with Crippen molar-refractivity contribution < 1.29 is 0 Å². The Balaban J connectivity index is 2.41. The molecule has 0 aliphatic heterocycles. The summed E-state index contributed by atoms with van der Waals surface area (Å²) in [5.74, 6) is 0. The zero-order chi connectivity index (χ0) is 11.8. The zero-order valence-corrected chi connectivity index (χ0v) is 10.8. The number of halogens is 1. The van der Waals surface area contributed by atoms with Crippen molar-refractivity contribution in [2.24, 2.45) is 11.1 Å². The van der Waals surface area contributed by atoms with E-state index in [1.165, 1.54) is 12.0 Å². The van der Waals surface area contributed by atoms with Gasteiger partial charge in [0.1, 0.15) is 0 Å². The Labute approximate surface area is 103 Å². The highest BCUT2D eigenvalue weighted by atomic mass is 35.5. The molecule has 88 valence electrons. The topological polar surface area (TPSA) is 26.0 Å². The van der Waals surface area contributed by atoms with Crippen LogP contribution >= 0.6 is 11.6 Å². The van der Waals surface area contributed by atoms with Gasteiger partial charge in [0, 0.05) is 17.0 Å². The van der Waals surface area contributed by atoms with E-state index in [4.69, 9.17) is 17.3 Å². The molecule has 1 aliphatic rings. The highest BCUT2D eigenvalue weighted by Crippen LogP contribution is 2.51.